The number of hydrogen-bond acceptors (Lipinski definition) is 3. The van der Waals surface area contributed by atoms with Crippen LogP contribution in [0, 0.1) is 0 Å². The highest BCUT2D eigenvalue weighted by Gasteiger charge is 2.03. The van der Waals surface area contributed by atoms with Crippen molar-refractivity contribution in [2.75, 3.05) is 0 Å². The summed E-state index contributed by atoms with van der Waals surface area (Å²) in [5.74, 6) is -1.23. The maximum absolute atomic E-state index is 11.3. The number of carbonyl (C=O) groups excluding carboxylic acids is 2. The summed E-state index contributed by atoms with van der Waals surface area (Å²) in [6.45, 7) is 1.50. The molecule has 0 heterocycles. The highest BCUT2D eigenvalue weighted by molar-refractivity contribution is 5.95. The standard InChI is InChI=1S/C15H12O3/c1-10(16)11-4-2-5-12(8-11)13-6-3-7-14(9-13)15(17)18/h2-9H,1H3,(H,17,18)/p-1. The minimum Gasteiger partial charge on any atom is -0.545 e. The Labute approximate surface area is 105 Å². The molecule has 90 valence electrons. The van der Waals surface area contributed by atoms with Gasteiger partial charge in [0, 0.05) is 5.56 Å². The molecule has 0 N–H and O–H groups in total. The number of carbonyl (C=O) groups is 2. The number of carboxylic acids is 1. The summed E-state index contributed by atoms with van der Waals surface area (Å²) in [6, 6.07) is 13.6. The van der Waals surface area contributed by atoms with Crippen LogP contribution in [0.15, 0.2) is 48.5 Å². The molecule has 2 aromatic carbocycles. The summed E-state index contributed by atoms with van der Waals surface area (Å²) >= 11 is 0. The van der Waals surface area contributed by atoms with Gasteiger partial charge in [-0.05, 0) is 35.7 Å². The third-order valence-corrected chi connectivity index (χ3v) is 2.70. The molecule has 0 spiro atoms. The van der Waals surface area contributed by atoms with Crippen LogP contribution in [0.3, 0.4) is 0 Å². The highest BCUT2D eigenvalue weighted by atomic mass is 16.4. The SMILES string of the molecule is CC(=O)c1cccc(-c2cccc(C(=O)[O-])c2)c1. The van der Waals surface area contributed by atoms with E-state index in [2.05, 4.69) is 0 Å². The maximum atomic E-state index is 11.3. The highest BCUT2D eigenvalue weighted by Crippen LogP contribution is 2.21. The number of benzene rings is 2. The molecule has 0 unspecified atom stereocenters. The van der Waals surface area contributed by atoms with Gasteiger partial charge in [-0.25, -0.2) is 0 Å². The molecule has 0 radical (unpaired) electrons. The number of rotatable bonds is 3. The van der Waals surface area contributed by atoms with Crippen LogP contribution in [0.2, 0.25) is 0 Å². The molecule has 3 nitrogen and oxygen atoms in total. The summed E-state index contributed by atoms with van der Waals surface area (Å²) < 4.78 is 0. The van der Waals surface area contributed by atoms with Crippen molar-refractivity contribution in [1.29, 1.82) is 0 Å². The fraction of sp³-hybridized carbons (Fsp3) is 0.0667. The van der Waals surface area contributed by atoms with Crippen molar-refractivity contribution in [3.05, 3.63) is 59.7 Å². The number of carboxylic acid groups (broad SMARTS) is 1. The van der Waals surface area contributed by atoms with Gasteiger partial charge in [-0.2, -0.15) is 0 Å². The first kappa shape index (κ1) is 12.0. The zero-order valence-corrected chi connectivity index (χ0v) is 9.84. The largest absolute Gasteiger partial charge is 0.545 e. The second-order valence-corrected chi connectivity index (χ2v) is 4.01. The van der Waals surface area contributed by atoms with Crippen LogP contribution in [0.1, 0.15) is 27.6 Å². The van der Waals surface area contributed by atoms with Gasteiger partial charge < -0.3 is 9.90 Å². The number of aromatic carboxylic acids is 1. The van der Waals surface area contributed by atoms with Crippen LogP contribution in [0.25, 0.3) is 11.1 Å². The van der Waals surface area contributed by atoms with E-state index in [1.54, 1.807) is 30.3 Å². The average molecular weight is 239 g/mol. The van der Waals surface area contributed by atoms with Crippen LogP contribution in [0.4, 0.5) is 0 Å². The first-order valence-electron chi connectivity index (χ1n) is 5.51. The topological polar surface area (TPSA) is 57.2 Å². The van der Waals surface area contributed by atoms with E-state index < -0.39 is 5.97 Å². The van der Waals surface area contributed by atoms with Gasteiger partial charge in [0.05, 0.1) is 5.97 Å². The third-order valence-electron chi connectivity index (χ3n) is 2.70. The van der Waals surface area contributed by atoms with E-state index in [1.807, 2.05) is 6.07 Å². The predicted octanol–water partition coefficient (Wildman–Crippen LogP) is 1.92. The lowest BCUT2D eigenvalue weighted by molar-refractivity contribution is -0.255. The molecule has 0 aromatic heterocycles. The Bertz CT molecular complexity index is 559. The van der Waals surface area contributed by atoms with Crippen molar-refractivity contribution in [3.8, 4) is 11.1 Å². The molecule has 3 heteroatoms. The van der Waals surface area contributed by atoms with E-state index in [0.717, 1.165) is 11.1 Å². The Morgan fingerprint density at radius 3 is 1.89 bits per heavy atom. The smallest absolute Gasteiger partial charge is 0.159 e. The zero-order valence-electron chi connectivity index (χ0n) is 9.84. The Morgan fingerprint density at radius 1 is 0.889 bits per heavy atom. The third kappa shape index (κ3) is 2.46. The summed E-state index contributed by atoms with van der Waals surface area (Å²) in [5.41, 5.74) is 2.29. The van der Waals surface area contributed by atoms with Crippen molar-refractivity contribution >= 4 is 11.8 Å². The van der Waals surface area contributed by atoms with Crippen LogP contribution in [-0.4, -0.2) is 11.8 Å². The summed E-state index contributed by atoms with van der Waals surface area (Å²) in [6.07, 6.45) is 0. The van der Waals surface area contributed by atoms with Gasteiger partial charge in [-0.15, -0.1) is 0 Å². The van der Waals surface area contributed by atoms with Gasteiger partial charge >= 0.3 is 0 Å². The lowest BCUT2D eigenvalue weighted by Gasteiger charge is -2.07. The molecule has 0 bridgehead atoms. The van der Waals surface area contributed by atoms with E-state index >= 15 is 0 Å². The first-order chi connectivity index (χ1) is 8.58. The molecule has 0 fully saturated rings. The van der Waals surface area contributed by atoms with E-state index in [0.29, 0.717) is 5.56 Å². The molecule has 0 amide bonds. The van der Waals surface area contributed by atoms with E-state index in [9.17, 15) is 14.7 Å². The Kier molecular flexibility index (Phi) is 3.24. The van der Waals surface area contributed by atoms with Gasteiger partial charge in [-0.3, -0.25) is 4.79 Å². The van der Waals surface area contributed by atoms with Gasteiger partial charge in [-0.1, -0.05) is 36.4 Å². The monoisotopic (exact) mass is 239 g/mol. The van der Waals surface area contributed by atoms with Gasteiger partial charge in [0.15, 0.2) is 5.78 Å². The van der Waals surface area contributed by atoms with Crippen molar-refractivity contribution < 1.29 is 14.7 Å². The van der Waals surface area contributed by atoms with E-state index in [-0.39, 0.29) is 11.3 Å². The van der Waals surface area contributed by atoms with Crippen molar-refractivity contribution in [2.45, 2.75) is 6.92 Å². The molecule has 2 aromatic rings. The van der Waals surface area contributed by atoms with Gasteiger partial charge in [0.2, 0.25) is 0 Å². The van der Waals surface area contributed by atoms with Crippen molar-refractivity contribution in [1.82, 2.24) is 0 Å². The maximum Gasteiger partial charge on any atom is 0.159 e. The number of ketones is 1. The average Bonchev–Trinajstić information content (AvgIpc) is 2.39. The van der Waals surface area contributed by atoms with E-state index in [1.165, 1.54) is 19.1 Å². The van der Waals surface area contributed by atoms with Crippen molar-refractivity contribution in [3.63, 3.8) is 0 Å². The molecule has 0 atom stereocenters. The minimum absolute atomic E-state index is 0.0205. The summed E-state index contributed by atoms with van der Waals surface area (Å²) in [4.78, 5) is 22.1. The summed E-state index contributed by atoms with van der Waals surface area (Å²) in [7, 11) is 0. The minimum atomic E-state index is -1.21. The first-order valence-corrected chi connectivity index (χ1v) is 5.51. The zero-order chi connectivity index (χ0) is 13.1. The number of hydrogen-bond donors (Lipinski definition) is 0. The Balaban J connectivity index is 2.48. The van der Waals surface area contributed by atoms with Gasteiger partial charge in [0.25, 0.3) is 0 Å². The summed E-state index contributed by atoms with van der Waals surface area (Å²) in [5, 5.41) is 10.8. The van der Waals surface area contributed by atoms with Crippen molar-refractivity contribution in [2.24, 2.45) is 0 Å². The molecule has 2 rings (SSSR count). The van der Waals surface area contributed by atoms with E-state index in [4.69, 9.17) is 0 Å². The van der Waals surface area contributed by atoms with Gasteiger partial charge in [0.1, 0.15) is 0 Å². The second-order valence-electron chi connectivity index (χ2n) is 4.01. The lowest BCUT2D eigenvalue weighted by Crippen LogP contribution is -2.22. The molecular weight excluding hydrogens is 228 g/mol. The predicted molar refractivity (Wildman–Crippen MR) is 66.2 cm³/mol. The Morgan fingerprint density at radius 2 is 1.39 bits per heavy atom. The number of Topliss-reactive ketones (excluding diaryl/α,β-unsaturated/α-hetero) is 1. The Hall–Kier alpha value is -2.42. The molecule has 0 aliphatic carbocycles. The molecule has 0 aliphatic rings. The fourth-order valence-corrected chi connectivity index (χ4v) is 1.74. The lowest BCUT2D eigenvalue weighted by atomic mass is 10.00. The molecule has 0 saturated carbocycles. The molecule has 18 heavy (non-hydrogen) atoms. The quantitative estimate of drug-likeness (QED) is 0.769. The normalized spacial score (nSPS) is 10.1. The second kappa shape index (κ2) is 4.84. The fourth-order valence-electron chi connectivity index (χ4n) is 1.74. The van der Waals surface area contributed by atoms with Crippen LogP contribution in [-0.2, 0) is 0 Å². The van der Waals surface area contributed by atoms with Crippen LogP contribution < -0.4 is 5.11 Å². The molecule has 0 saturated heterocycles. The molecular formula is C15H11O3-. The molecule has 0 aliphatic heterocycles. The van der Waals surface area contributed by atoms with Crippen LogP contribution >= 0.6 is 0 Å². The van der Waals surface area contributed by atoms with Crippen LogP contribution in [0.5, 0.6) is 0 Å².